The Morgan fingerprint density at radius 2 is 2.26 bits per heavy atom. The lowest BCUT2D eigenvalue weighted by Crippen LogP contribution is -2.49. The maximum atomic E-state index is 12.6. The molecule has 1 fully saturated rings. The Labute approximate surface area is 163 Å². The molecular weight excluding hydrogens is 366 g/mol. The molecule has 0 aliphatic carbocycles. The highest BCUT2D eigenvalue weighted by atomic mass is 32.1. The zero-order valence-corrected chi connectivity index (χ0v) is 16.1. The first kappa shape index (κ1) is 20.9. The average Bonchev–Trinajstić information content (AvgIpc) is 3.33. The van der Waals surface area contributed by atoms with Crippen molar-refractivity contribution in [2.24, 2.45) is 16.5 Å². The number of amides is 2. The van der Waals surface area contributed by atoms with Crippen LogP contribution >= 0.6 is 11.3 Å². The van der Waals surface area contributed by atoms with Crippen molar-refractivity contribution in [3.63, 3.8) is 0 Å². The topological polar surface area (TPSA) is 131 Å². The van der Waals surface area contributed by atoms with E-state index in [0.717, 1.165) is 11.3 Å². The molecule has 9 heteroatoms. The fraction of sp³-hybridized carbons (Fsp3) is 0.556. The van der Waals surface area contributed by atoms with Gasteiger partial charge in [0.05, 0.1) is 6.04 Å². The van der Waals surface area contributed by atoms with Crippen molar-refractivity contribution >= 4 is 35.4 Å². The van der Waals surface area contributed by atoms with Crippen LogP contribution < -0.4 is 16.8 Å². The van der Waals surface area contributed by atoms with Gasteiger partial charge in [0.2, 0.25) is 11.8 Å². The van der Waals surface area contributed by atoms with Crippen LogP contribution in [-0.4, -0.2) is 54.1 Å². The van der Waals surface area contributed by atoms with Gasteiger partial charge in [-0.2, -0.15) is 0 Å². The van der Waals surface area contributed by atoms with E-state index < -0.39 is 12.1 Å². The van der Waals surface area contributed by atoms with E-state index in [0.29, 0.717) is 51.5 Å². The quantitative estimate of drug-likeness (QED) is 0.229. The molecular formula is C18H27N5O3S. The van der Waals surface area contributed by atoms with Gasteiger partial charge in [-0.3, -0.25) is 14.6 Å². The fourth-order valence-corrected chi connectivity index (χ4v) is 3.85. The second kappa shape index (κ2) is 10.7. The number of aldehydes is 1. The van der Waals surface area contributed by atoms with E-state index >= 15 is 0 Å². The Balaban J connectivity index is 1.82. The number of thiophene rings is 1. The second-order valence-electron chi connectivity index (χ2n) is 6.52. The summed E-state index contributed by atoms with van der Waals surface area (Å²) in [4.78, 5) is 43.0. The average molecular weight is 394 g/mol. The van der Waals surface area contributed by atoms with E-state index in [9.17, 15) is 14.4 Å². The number of hydrogen-bond donors (Lipinski definition) is 3. The standard InChI is InChI=1S/C18H27N5O3S/c19-18(20)21-9-1-4-13(12-24)22-17(26)15-6-2-10-23(15)16(25)8-7-14-5-3-11-27-14/h3,5,11-13,15H,1-2,4,6-10H2,(H,22,26)(H4,19,20,21)/t13-,15-/m0/s1. The number of carbonyl (C=O) groups excluding carboxylic acids is 3. The van der Waals surface area contributed by atoms with Gasteiger partial charge in [0.1, 0.15) is 12.3 Å². The van der Waals surface area contributed by atoms with Crippen molar-refractivity contribution in [2.45, 2.75) is 50.6 Å². The van der Waals surface area contributed by atoms with Crippen molar-refractivity contribution in [3.8, 4) is 0 Å². The molecule has 0 unspecified atom stereocenters. The summed E-state index contributed by atoms with van der Waals surface area (Å²) in [7, 11) is 0. The number of likely N-dealkylation sites (tertiary alicyclic amines) is 1. The number of hydrogen-bond acceptors (Lipinski definition) is 5. The van der Waals surface area contributed by atoms with Crippen molar-refractivity contribution < 1.29 is 14.4 Å². The summed E-state index contributed by atoms with van der Waals surface area (Å²) >= 11 is 1.62. The van der Waals surface area contributed by atoms with Gasteiger partial charge >= 0.3 is 0 Å². The lowest BCUT2D eigenvalue weighted by Gasteiger charge is -2.25. The van der Waals surface area contributed by atoms with E-state index in [2.05, 4.69) is 10.3 Å². The normalized spacial score (nSPS) is 17.3. The third kappa shape index (κ3) is 6.67. The third-order valence-corrected chi connectivity index (χ3v) is 5.44. The lowest BCUT2D eigenvalue weighted by atomic mass is 10.1. The predicted molar refractivity (Wildman–Crippen MR) is 105 cm³/mol. The first-order valence-electron chi connectivity index (χ1n) is 9.14. The van der Waals surface area contributed by atoms with Crippen LogP contribution in [0.15, 0.2) is 22.5 Å². The minimum atomic E-state index is -0.602. The number of nitrogens with one attached hydrogen (secondary N) is 1. The Kier molecular flexibility index (Phi) is 8.25. The molecule has 5 N–H and O–H groups in total. The van der Waals surface area contributed by atoms with Gasteiger partial charge < -0.3 is 26.5 Å². The van der Waals surface area contributed by atoms with E-state index in [1.54, 1.807) is 16.2 Å². The van der Waals surface area contributed by atoms with Gasteiger partial charge in [-0.1, -0.05) is 6.07 Å². The molecule has 2 amide bonds. The molecule has 2 rings (SSSR count). The zero-order valence-electron chi connectivity index (χ0n) is 15.3. The summed E-state index contributed by atoms with van der Waals surface area (Å²) in [5, 5.41) is 4.73. The summed E-state index contributed by atoms with van der Waals surface area (Å²) in [6.45, 7) is 0.983. The molecule has 1 aliphatic heterocycles. The lowest BCUT2D eigenvalue weighted by molar-refractivity contribution is -0.139. The highest BCUT2D eigenvalue weighted by molar-refractivity contribution is 7.09. The summed E-state index contributed by atoms with van der Waals surface area (Å²) in [5.74, 6) is -0.281. The fourth-order valence-electron chi connectivity index (χ4n) is 3.14. The van der Waals surface area contributed by atoms with Gasteiger partial charge in [0, 0.05) is 24.4 Å². The number of aryl methyl sites for hydroxylation is 1. The number of nitrogens with zero attached hydrogens (tertiary/aromatic N) is 2. The van der Waals surface area contributed by atoms with Crippen LogP contribution in [0.25, 0.3) is 0 Å². The largest absolute Gasteiger partial charge is 0.370 e. The molecule has 0 bridgehead atoms. The summed E-state index contributed by atoms with van der Waals surface area (Å²) < 4.78 is 0. The van der Waals surface area contributed by atoms with Crippen LogP contribution in [0.2, 0.25) is 0 Å². The Morgan fingerprint density at radius 3 is 2.93 bits per heavy atom. The van der Waals surface area contributed by atoms with Crippen LogP contribution in [0.3, 0.4) is 0 Å². The smallest absolute Gasteiger partial charge is 0.243 e. The number of aliphatic imine (C=N–C) groups is 1. The second-order valence-corrected chi connectivity index (χ2v) is 7.56. The van der Waals surface area contributed by atoms with Crippen LogP contribution in [0, 0.1) is 0 Å². The molecule has 148 valence electrons. The maximum Gasteiger partial charge on any atom is 0.243 e. The monoisotopic (exact) mass is 393 g/mol. The van der Waals surface area contributed by atoms with Gasteiger partial charge in [-0.15, -0.1) is 11.3 Å². The Morgan fingerprint density at radius 1 is 1.44 bits per heavy atom. The summed E-state index contributed by atoms with van der Waals surface area (Å²) in [5.41, 5.74) is 10.5. The van der Waals surface area contributed by atoms with Crippen molar-refractivity contribution in [1.82, 2.24) is 10.2 Å². The first-order valence-corrected chi connectivity index (χ1v) is 10.0. The molecule has 0 spiro atoms. The number of rotatable bonds is 10. The molecule has 0 saturated carbocycles. The summed E-state index contributed by atoms with van der Waals surface area (Å²) in [6, 6.07) is 2.86. The molecule has 8 nitrogen and oxygen atoms in total. The molecule has 0 radical (unpaired) electrons. The van der Waals surface area contributed by atoms with Crippen molar-refractivity contribution in [1.29, 1.82) is 0 Å². The van der Waals surface area contributed by atoms with E-state index in [4.69, 9.17) is 11.5 Å². The highest BCUT2D eigenvalue weighted by Crippen LogP contribution is 2.20. The van der Waals surface area contributed by atoms with Crippen LogP contribution in [0.5, 0.6) is 0 Å². The van der Waals surface area contributed by atoms with Crippen molar-refractivity contribution in [3.05, 3.63) is 22.4 Å². The molecule has 1 aromatic rings. The van der Waals surface area contributed by atoms with E-state index in [1.165, 1.54) is 0 Å². The Hall–Kier alpha value is -2.42. The van der Waals surface area contributed by atoms with Gasteiger partial charge in [-0.05, 0) is 43.6 Å². The van der Waals surface area contributed by atoms with E-state index in [-0.39, 0.29) is 17.8 Å². The molecule has 1 saturated heterocycles. The SMILES string of the molecule is NC(N)=NCCC[C@@H](C=O)NC(=O)[C@@H]1CCCN1C(=O)CCc1cccs1. The molecule has 1 aromatic heterocycles. The minimum absolute atomic E-state index is 0.00402. The van der Waals surface area contributed by atoms with E-state index in [1.807, 2.05) is 17.5 Å². The predicted octanol–water partition coefficient (Wildman–Crippen LogP) is 0.409. The molecule has 27 heavy (non-hydrogen) atoms. The van der Waals surface area contributed by atoms with Gasteiger partial charge in [0.25, 0.3) is 0 Å². The molecule has 2 atom stereocenters. The number of carbonyl (C=O) groups is 3. The van der Waals surface area contributed by atoms with Crippen molar-refractivity contribution in [2.75, 3.05) is 13.1 Å². The minimum Gasteiger partial charge on any atom is -0.370 e. The van der Waals surface area contributed by atoms with Crippen LogP contribution in [-0.2, 0) is 20.8 Å². The zero-order chi connectivity index (χ0) is 19.6. The van der Waals surface area contributed by atoms with Gasteiger partial charge in [-0.25, -0.2) is 0 Å². The first-order chi connectivity index (χ1) is 13.0. The molecule has 0 aromatic carbocycles. The molecule has 2 heterocycles. The third-order valence-electron chi connectivity index (χ3n) is 4.50. The Bertz CT molecular complexity index is 658. The molecule has 1 aliphatic rings. The van der Waals surface area contributed by atoms with Gasteiger partial charge in [0.15, 0.2) is 5.96 Å². The number of guanidine groups is 1. The number of nitrogens with two attached hydrogens (primary N) is 2. The maximum absolute atomic E-state index is 12.6. The highest BCUT2D eigenvalue weighted by Gasteiger charge is 2.34. The van der Waals surface area contributed by atoms with Crippen LogP contribution in [0.1, 0.15) is 37.0 Å². The van der Waals surface area contributed by atoms with Crippen LogP contribution in [0.4, 0.5) is 0 Å². The summed E-state index contributed by atoms with van der Waals surface area (Å²) in [6.07, 6.45) is 4.23.